The first-order valence-corrected chi connectivity index (χ1v) is 6.83. The van der Waals surface area contributed by atoms with Gasteiger partial charge in [0.15, 0.2) is 0 Å². The third kappa shape index (κ3) is 3.11. The Morgan fingerprint density at radius 2 is 2.00 bits per heavy atom. The van der Waals surface area contributed by atoms with Gasteiger partial charge in [-0.3, -0.25) is 4.79 Å². The van der Waals surface area contributed by atoms with E-state index in [-0.39, 0.29) is 17.5 Å². The van der Waals surface area contributed by atoms with Crippen LogP contribution in [0.3, 0.4) is 0 Å². The quantitative estimate of drug-likeness (QED) is 0.512. The van der Waals surface area contributed by atoms with Crippen LogP contribution in [0.4, 0.5) is 0 Å². The summed E-state index contributed by atoms with van der Waals surface area (Å²) in [5, 5.41) is 0. The predicted molar refractivity (Wildman–Crippen MR) is 68.5 cm³/mol. The summed E-state index contributed by atoms with van der Waals surface area (Å²) >= 11 is 0. The second kappa shape index (κ2) is 4.83. The monoisotopic (exact) mass is 236 g/mol. The first kappa shape index (κ1) is 12.7. The lowest BCUT2D eigenvalue weighted by Crippen LogP contribution is -2.30. The maximum absolute atomic E-state index is 11.9. The zero-order valence-electron chi connectivity index (χ0n) is 11.2. The molecule has 2 rings (SSSR count). The molecule has 0 heterocycles. The summed E-state index contributed by atoms with van der Waals surface area (Å²) < 4.78 is 5.73. The van der Waals surface area contributed by atoms with Crippen LogP contribution in [-0.4, -0.2) is 12.1 Å². The first-order valence-electron chi connectivity index (χ1n) is 6.83. The van der Waals surface area contributed by atoms with Crippen LogP contribution in [0.1, 0.15) is 52.9 Å². The Bertz CT molecular complexity index is 311. The largest absolute Gasteiger partial charge is 0.462 e. The summed E-state index contributed by atoms with van der Waals surface area (Å²) in [5.41, 5.74) is -0.376. The summed E-state index contributed by atoms with van der Waals surface area (Å²) in [7, 11) is 0. The van der Waals surface area contributed by atoms with Crippen molar-refractivity contribution in [1.82, 2.24) is 0 Å². The van der Waals surface area contributed by atoms with Crippen LogP contribution < -0.4 is 0 Å². The van der Waals surface area contributed by atoms with Gasteiger partial charge >= 0.3 is 5.97 Å². The second-order valence-electron chi connectivity index (χ2n) is 6.58. The topological polar surface area (TPSA) is 26.3 Å². The molecule has 0 aliphatic heterocycles. The van der Waals surface area contributed by atoms with Gasteiger partial charge in [0.1, 0.15) is 6.10 Å². The van der Waals surface area contributed by atoms with Crippen LogP contribution in [0, 0.1) is 17.3 Å². The molecule has 0 aromatic carbocycles. The van der Waals surface area contributed by atoms with E-state index in [1.54, 1.807) is 0 Å². The van der Waals surface area contributed by atoms with Gasteiger partial charge in [0.05, 0.1) is 5.41 Å². The molecule has 3 unspecified atom stereocenters. The highest BCUT2D eigenvalue weighted by Gasteiger charge is 2.38. The molecule has 2 nitrogen and oxygen atoms in total. The third-order valence-corrected chi connectivity index (χ3v) is 3.95. The van der Waals surface area contributed by atoms with E-state index in [0.717, 1.165) is 18.8 Å². The SMILES string of the molecule is CC(C)(C)C(=O)OC1CC2CCC=CCC1C2. The number of hydrogen-bond acceptors (Lipinski definition) is 2. The normalized spacial score (nSPS) is 33.0. The number of carbonyl (C=O) groups is 1. The molecule has 17 heavy (non-hydrogen) atoms. The fourth-order valence-electron chi connectivity index (χ4n) is 2.86. The Hall–Kier alpha value is -0.790. The highest BCUT2D eigenvalue weighted by molar-refractivity contribution is 5.75. The van der Waals surface area contributed by atoms with Crippen LogP contribution in [0.25, 0.3) is 0 Å². The summed E-state index contributed by atoms with van der Waals surface area (Å²) in [6, 6.07) is 0. The molecule has 0 amide bonds. The van der Waals surface area contributed by atoms with Crippen molar-refractivity contribution in [3.05, 3.63) is 12.2 Å². The highest BCUT2D eigenvalue weighted by atomic mass is 16.5. The summed E-state index contributed by atoms with van der Waals surface area (Å²) in [6.45, 7) is 5.78. The number of allylic oxidation sites excluding steroid dienone is 2. The Balaban J connectivity index is 1.98. The van der Waals surface area contributed by atoms with Crippen LogP contribution in [-0.2, 0) is 9.53 Å². The van der Waals surface area contributed by atoms with Gasteiger partial charge in [-0.2, -0.15) is 0 Å². The molecular weight excluding hydrogens is 212 g/mol. The van der Waals surface area contributed by atoms with Gasteiger partial charge < -0.3 is 4.74 Å². The fourth-order valence-corrected chi connectivity index (χ4v) is 2.86. The van der Waals surface area contributed by atoms with Gasteiger partial charge in [-0.15, -0.1) is 0 Å². The van der Waals surface area contributed by atoms with E-state index < -0.39 is 0 Å². The van der Waals surface area contributed by atoms with Crippen molar-refractivity contribution >= 4 is 5.97 Å². The minimum atomic E-state index is -0.376. The van der Waals surface area contributed by atoms with Gasteiger partial charge in [-0.25, -0.2) is 0 Å². The van der Waals surface area contributed by atoms with Crippen LogP contribution in [0.15, 0.2) is 12.2 Å². The molecule has 1 fully saturated rings. The third-order valence-electron chi connectivity index (χ3n) is 3.95. The van der Waals surface area contributed by atoms with Crippen LogP contribution in [0.2, 0.25) is 0 Å². The maximum Gasteiger partial charge on any atom is 0.311 e. The minimum Gasteiger partial charge on any atom is -0.462 e. The molecule has 0 N–H and O–H groups in total. The van der Waals surface area contributed by atoms with Gasteiger partial charge in [0.2, 0.25) is 0 Å². The average Bonchev–Trinajstić information content (AvgIpc) is 2.57. The Labute approximate surface area is 104 Å². The molecule has 0 radical (unpaired) electrons. The lowest BCUT2D eigenvalue weighted by atomic mass is 9.94. The first-order chi connectivity index (χ1) is 7.97. The molecule has 96 valence electrons. The number of rotatable bonds is 1. The van der Waals surface area contributed by atoms with Crippen molar-refractivity contribution in [3.8, 4) is 0 Å². The van der Waals surface area contributed by atoms with Crippen LogP contribution >= 0.6 is 0 Å². The van der Waals surface area contributed by atoms with Crippen molar-refractivity contribution in [2.24, 2.45) is 17.3 Å². The van der Waals surface area contributed by atoms with Gasteiger partial charge in [0.25, 0.3) is 0 Å². The number of fused-ring (bicyclic) bond motifs is 2. The van der Waals surface area contributed by atoms with E-state index in [1.807, 2.05) is 20.8 Å². The molecule has 2 aliphatic carbocycles. The predicted octanol–water partition coefficient (Wildman–Crippen LogP) is 3.71. The molecule has 1 saturated carbocycles. The molecule has 2 bridgehead atoms. The molecule has 0 aromatic rings. The summed E-state index contributed by atoms with van der Waals surface area (Å²) in [4.78, 5) is 11.9. The fraction of sp³-hybridized carbons (Fsp3) is 0.800. The van der Waals surface area contributed by atoms with E-state index in [0.29, 0.717) is 5.92 Å². The van der Waals surface area contributed by atoms with Gasteiger partial charge in [-0.1, -0.05) is 12.2 Å². The van der Waals surface area contributed by atoms with E-state index in [2.05, 4.69) is 12.2 Å². The van der Waals surface area contributed by atoms with E-state index in [4.69, 9.17) is 4.74 Å². The summed E-state index contributed by atoms with van der Waals surface area (Å²) in [5.74, 6) is 1.28. The van der Waals surface area contributed by atoms with E-state index >= 15 is 0 Å². The number of esters is 1. The summed E-state index contributed by atoms with van der Waals surface area (Å²) in [6.07, 6.45) is 10.6. The lowest BCUT2D eigenvalue weighted by Gasteiger charge is -2.24. The van der Waals surface area contributed by atoms with Crippen molar-refractivity contribution < 1.29 is 9.53 Å². The lowest BCUT2D eigenvalue weighted by molar-refractivity contribution is -0.160. The zero-order chi connectivity index (χ0) is 12.5. The molecular formula is C15H24O2. The Morgan fingerprint density at radius 1 is 1.24 bits per heavy atom. The van der Waals surface area contributed by atoms with Crippen molar-refractivity contribution in [2.45, 2.75) is 59.0 Å². The molecule has 3 atom stereocenters. The van der Waals surface area contributed by atoms with Crippen molar-refractivity contribution in [2.75, 3.05) is 0 Å². The number of ether oxygens (including phenoxy) is 1. The molecule has 0 aromatic heterocycles. The van der Waals surface area contributed by atoms with Gasteiger partial charge in [0, 0.05) is 0 Å². The smallest absolute Gasteiger partial charge is 0.311 e. The van der Waals surface area contributed by atoms with E-state index in [9.17, 15) is 4.79 Å². The maximum atomic E-state index is 11.9. The number of hydrogen-bond donors (Lipinski definition) is 0. The standard InChI is InChI=1S/C15H24O2/c1-15(2,3)14(16)17-13-10-11-7-5-4-6-8-12(13)9-11/h4,6,11-13H,5,7-10H2,1-3H3. The Morgan fingerprint density at radius 3 is 2.71 bits per heavy atom. The molecule has 2 heteroatoms. The minimum absolute atomic E-state index is 0.0450. The Kier molecular flexibility index (Phi) is 3.60. The van der Waals surface area contributed by atoms with Gasteiger partial charge in [-0.05, 0) is 64.7 Å². The van der Waals surface area contributed by atoms with Crippen molar-refractivity contribution in [1.29, 1.82) is 0 Å². The molecule has 0 saturated heterocycles. The molecule has 0 spiro atoms. The zero-order valence-corrected chi connectivity index (χ0v) is 11.2. The number of carbonyl (C=O) groups excluding carboxylic acids is 1. The highest BCUT2D eigenvalue weighted by Crippen LogP contribution is 2.40. The second-order valence-corrected chi connectivity index (χ2v) is 6.58. The van der Waals surface area contributed by atoms with E-state index in [1.165, 1.54) is 19.3 Å². The average molecular weight is 236 g/mol. The molecule has 2 aliphatic rings. The van der Waals surface area contributed by atoms with Crippen molar-refractivity contribution in [3.63, 3.8) is 0 Å². The van der Waals surface area contributed by atoms with Crippen LogP contribution in [0.5, 0.6) is 0 Å².